The molecule has 1 fully saturated rings. The van der Waals surface area contributed by atoms with E-state index in [0.717, 1.165) is 54.2 Å². The Hall–Kier alpha value is -3.65. The van der Waals surface area contributed by atoms with Crippen molar-refractivity contribution in [2.24, 2.45) is 0 Å². The molecule has 0 bridgehead atoms. The van der Waals surface area contributed by atoms with Crippen molar-refractivity contribution in [2.45, 2.75) is 64.6 Å². The van der Waals surface area contributed by atoms with Crippen molar-refractivity contribution in [2.75, 3.05) is 17.1 Å². The second kappa shape index (κ2) is 13.1. The van der Waals surface area contributed by atoms with E-state index in [2.05, 4.69) is 5.32 Å². The summed E-state index contributed by atoms with van der Waals surface area (Å²) in [7, 11) is -3.80. The number of carbonyl (C=O) groups excluding carboxylic acids is 2. The lowest BCUT2D eigenvalue weighted by Crippen LogP contribution is -2.54. The number of amides is 2. The Labute approximate surface area is 238 Å². The lowest BCUT2D eigenvalue weighted by atomic mass is 10.0. The molecule has 1 atom stereocenters. The van der Waals surface area contributed by atoms with Crippen LogP contribution in [0.4, 0.5) is 5.69 Å². The Kier molecular flexibility index (Phi) is 9.63. The molecule has 0 aliphatic heterocycles. The van der Waals surface area contributed by atoms with E-state index in [9.17, 15) is 18.0 Å². The van der Waals surface area contributed by atoms with Gasteiger partial charge >= 0.3 is 0 Å². The minimum absolute atomic E-state index is 0.0848. The van der Waals surface area contributed by atoms with Gasteiger partial charge in [-0.25, -0.2) is 8.42 Å². The Bertz CT molecular complexity index is 1380. The van der Waals surface area contributed by atoms with Gasteiger partial charge in [0, 0.05) is 19.0 Å². The van der Waals surface area contributed by atoms with Crippen LogP contribution in [0.15, 0.2) is 78.9 Å². The standard InChI is InChI=1S/C32H39N3O4S/c1-24-13-12-14-25(2)31(24)35(40(3,38)39)23-30(36)34(22-27-17-8-5-9-18-27)29(21-26-15-6-4-7-16-26)32(37)33-28-19-10-11-20-28/h4-9,12-18,28-29H,10-11,19-23H2,1-3H3,(H,33,37). The summed E-state index contributed by atoms with van der Waals surface area (Å²) in [6.07, 6.45) is 5.41. The zero-order chi connectivity index (χ0) is 28.7. The monoisotopic (exact) mass is 561 g/mol. The van der Waals surface area contributed by atoms with Gasteiger partial charge in [0.05, 0.1) is 11.9 Å². The van der Waals surface area contributed by atoms with Crippen LogP contribution in [0.3, 0.4) is 0 Å². The minimum atomic E-state index is -3.80. The molecule has 212 valence electrons. The van der Waals surface area contributed by atoms with Gasteiger partial charge in [0.25, 0.3) is 0 Å². The SMILES string of the molecule is Cc1cccc(C)c1N(CC(=O)N(Cc1ccccc1)C(Cc1ccccc1)C(=O)NC1CCCC1)S(C)(=O)=O. The van der Waals surface area contributed by atoms with Crippen LogP contribution in [0.1, 0.15) is 47.9 Å². The van der Waals surface area contributed by atoms with Crippen molar-refractivity contribution in [1.82, 2.24) is 10.2 Å². The van der Waals surface area contributed by atoms with E-state index in [4.69, 9.17) is 0 Å². The molecule has 3 aromatic carbocycles. The van der Waals surface area contributed by atoms with Gasteiger partial charge in [0.15, 0.2) is 0 Å². The lowest BCUT2D eigenvalue weighted by molar-refractivity contribution is -0.140. The molecule has 0 heterocycles. The molecular formula is C32H39N3O4S. The van der Waals surface area contributed by atoms with Gasteiger partial charge in [0.2, 0.25) is 21.8 Å². The molecule has 7 nitrogen and oxygen atoms in total. The van der Waals surface area contributed by atoms with E-state index in [1.807, 2.05) is 92.7 Å². The van der Waals surface area contributed by atoms with Crippen LogP contribution < -0.4 is 9.62 Å². The second-order valence-corrected chi connectivity index (χ2v) is 12.6. The summed E-state index contributed by atoms with van der Waals surface area (Å²) < 4.78 is 27.3. The topological polar surface area (TPSA) is 86.8 Å². The van der Waals surface area contributed by atoms with Crippen LogP contribution in [0.5, 0.6) is 0 Å². The largest absolute Gasteiger partial charge is 0.352 e. The average Bonchev–Trinajstić information content (AvgIpc) is 3.43. The van der Waals surface area contributed by atoms with E-state index in [-0.39, 0.29) is 18.5 Å². The first-order chi connectivity index (χ1) is 19.1. The fourth-order valence-corrected chi connectivity index (χ4v) is 6.44. The van der Waals surface area contributed by atoms with Crippen LogP contribution in [-0.4, -0.2) is 50.0 Å². The van der Waals surface area contributed by atoms with Crippen molar-refractivity contribution in [3.63, 3.8) is 0 Å². The van der Waals surface area contributed by atoms with Crippen LogP contribution >= 0.6 is 0 Å². The van der Waals surface area contributed by atoms with Crippen LogP contribution in [0.25, 0.3) is 0 Å². The molecule has 0 spiro atoms. The number of hydrogen-bond donors (Lipinski definition) is 1. The highest BCUT2D eigenvalue weighted by atomic mass is 32.2. The molecule has 1 saturated carbocycles. The van der Waals surface area contributed by atoms with Gasteiger partial charge in [-0.05, 0) is 48.9 Å². The number of nitrogens with one attached hydrogen (secondary N) is 1. The normalized spacial score (nSPS) is 14.5. The predicted molar refractivity (Wildman–Crippen MR) is 159 cm³/mol. The first kappa shape index (κ1) is 29.3. The van der Waals surface area contributed by atoms with Crippen LogP contribution in [-0.2, 0) is 32.6 Å². The molecule has 1 aliphatic rings. The van der Waals surface area contributed by atoms with Crippen LogP contribution in [0, 0.1) is 13.8 Å². The third kappa shape index (κ3) is 7.50. The van der Waals surface area contributed by atoms with Crippen molar-refractivity contribution in [3.8, 4) is 0 Å². The van der Waals surface area contributed by atoms with E-state index in [1.165, 1.54) is 4.31 Å². The summed E-state index contributed by atoms with van der Waals surface area (Å²) in [6.45, 7) is 3.44. The van der Waals surface area contributed by atoms with E-state index >= 15 is 0 Å². The quantitative estimate of drug-likeness (QED) is 0.366. The lowest BCUT2D eigenvalue weighted by Gasteiger charge is -2.34. The minimum Gasteiger partial charge on any atom is -0.352 e. The Morgan fingerprint density at radius 2 is 1.40 bits per heavy atom. The summed E-state index contributed by atoms with van der Waals surface area (Å²) in [5.74, 6) is -0.641. The van der Waals surface area contributed by atoms with Crippen LogP contribution in [0.2, 0.25) is 0 Å². The predicted octanol–water partition coefficient (Wildman–Crippen LogP) is 4.77. The Morgan fingerprint density at radius 1 is 0.850 bits per heavy atom. The first-order valence-electron chi connectivity index (χ1n) is 13.8. The van der Waals surface area contributed by atoms with E-state index in [0.29, 0.717) is 12.1 Å². The number of aryl methyl sites for hydroxylation is 2. The molecule has 8 heteroatoms. The number of para-hydroxylation sites is 1. The van der Waals surface area contributed by atoms with Crippen molar-refractivity contribution >= 4 is 27.5 Å². The second-order valence-electron chi connectivity index (χ2n) is 10.7. The smallest absolute Gasteiger partial charge is 0.244 e. The number of hydrogen-bond acceptors (Lipinski definition) is 4. The summed E-state index contributed by atoms with van der Waals surface area (Å²) in [4.78, 5) is 29.6. The molecule has 1 aliphatic carbocycles. The van der Waals surface area contributed by atoms with E-state index < -0.39 is 28.5 Å². The highest BCUT2D eigenvalue weighted by Crippen LogP contribution is 2.27. The van der Waals surface area contributed by atoms with Crippen molar-refractivity contribution in [1.29, 1.82) is 0 Å². The fourth-order valence-electron chi connectivity index (χ4n) is 5.48. The highest BCUT2D eigenvalue weighted by Gasteiger charge is 2.34. The number of rotatable bonds is 11. The zero-order valence-electron chi connectivity index (χ0n) is 23.5. The molecule has 3 aromatic rings. The van der Waals surface area contributed by atoms with Gasteiger partial charge in [-0.2, -0.15) is 0 Å². The number of benzene rings is 3. The molecule has 0 radical (unpaired) electrons. The molecule has 1 N–H and O–H groups in total. The fraction of sp³-hybridized carbons (Fsp3) is 0.375. The average molecular weight is 562 g/mol. The maximum absolute atomic E-state index is 14.2. The Morgan fingerprint density at radius 3 is 1.95 bits per heavy atom. The maximum atomic E-state index is 14.2. The maximum Gasteiger partial charge on any atom is 0.244 e. The summed E-state index contributed by atoms with van der Waals surface area (Å²) in [6, 6.07) is 23.9. The molecule has 0 aromatic heterocycles. The van der Waals surface area contributed by atoms with E-state index in [1.54, 1.807) is 4.90 Å². The van der Waals surface area contributed by atoms with Gasteiger partial charge in [-0.15, -0.1) is 0 Å². The van der Waals surface area contributed by atoms with Gasteiger partial charge in [-0.1, -0.05) is 91.7 Å². The van der Waals surface area contributed by atoms with Crippen molar-refractivity contribution in [3.05, 3.63) is 101 Å². The summed E-state index contributed by atoms with van der Waals surface area (Å²) >= 11 is 0. The molecule has 2 amide bonds. The molecule has 4 rings (SSSR count). The molecular weight excluding hydrogens is 522 g/mol. The number of nitrogens with zero attached hydrogens (tertiary/aromatic N) is 2. The van der Waals surface area contributed by atoms with Gasteiger partial charge in [0.1, 0.15) is 12.6 Å². The van der Waals surface area contributed by atoms with Crippen molar-refractivity contribution < 1.29 is 18.0 Å². The summed E-state index contributed by atoms with van der Waals surface area (Å²) in [5.41, 5.74) is 3.79. The molecule has 40 heavy (non-hydrogen) atoms. The number of carbonyl (C=O) groups is 2. The third-order valence-electron chi connectivity index (χ3n) is 7.54. The highest BCUT2D eigenvalue weighted by molar-refractivity contribution is 7.92. The number of sulfonamides is 1. The number of anilines is 1. The van der Waals surface area contributed by atoms with Gasteiger partial charge in [-0.3, -0.25) is 13.9 Å². The third-order valence-corrected chi connectivity index (χ3v) is 8.65. The molecule has 1 unspecified atom stereocenters. The summed E-state index contributed by atoms with van der Waals surface area (Å²) in [5, 5.41) is 3.19. The first-order valence-corrected chi connectivity index (χ1v) is 15.7. The van der Waals surface area contributed by atoms with Gasteiger partial charge < -0.3 is 10.2 Å². The zero-order valence-corrected chi connectivity index (χ0v) is 24.4. The Balaban J connectivity index is 1.73. The molecule has 0 saturated heterocycles.